The first-order valence-corrected chi connectivity index (χ1v) is 7.68. The Bertz CT molecular complexity index is 569. The van der Waals surface area contributed by atoms with Gasteiger partial charge in [0.15, 0.2) is 0 Å². The number of para-hydroxylation sites is 1. The van der Waals surface area contributed by atoms with Crippen molar-refractivity contribution in [3.63, 3.8) is 0 Å². The number of hydrogen-bond acceptors (Lipinski definition) is 3. The van der Waals surface area contributed by atoms with Gasteiger partial charge >= 0.3 is 0 Å². The molecule has 1 aromatic carbocycles. The molecule has 3 nitrogen and oxygen atoms in total. The van der Waals surface area contributed by atoms with Gasteiger partial charge in [-0.15, -0.1) is 0 Å². The topological polar surface area (TPSA) is 45.4 Å². The minimum atomic E-state index is -0.104. The number of aliphatic hydroxyl groups excluding tert-OH is 1. The SMILES string of the molecule is CCCCc1oc2ccccc2c1CNC1CC(O)C1. The van der Waals surface area contributed by atoms with Crippen LogP contribution in [0, 0.1) is 0 Å². The highest BCUT2D eigenvalue weighted by Crippen LogP contribution is 2.28. The minimum Gasteiger partial charge on any atom is -0.461 e. The van der Waals surface area contributed by atoms with Crippen LogP contribution >= 0.6 is 0 Å². The van der Waals surface area contributed by atoms with Crippen LogP contribution in [0.3, 0.4) is 0 Å². The van der Waals surface area contributed by atoms with Gasteiger partial charge in [-0.1, -0.05) is 31.5 Å². The lowest BCUT2D eigenvalue weighted by atomic mass is 9.89. The Hall–Kier alpha value is -1.32. The van der Waals surface area contributed by atoms with Gasteiger partial charge in [-0.2, -0.15) is 0 Å². The summed E-state index contributed by atoms with van der Waals surface area (Å²) < 4.78 is 6.02. The first-order valence-electron chi connectivity index (χ1n) is 7.68. The quantitative estimate of drug-likeness (QED) is 0.848. The second-order valence-corrected chi connectivity index (χ2v) is 5.81. The van der Waals surface area contributed by atoms with Crippen molar-refractivity contribution in [3.05, 3.63) is 35.6 Å². The summed E-state index contributed by atoms with van der Waals surface area (Å²) in [4.78, 5) is 0. The molecule has 3 heteroatoms. The maximum absolute atomic E-state index is 9.36. The number of furan rings is 1. The largest absolute Gasteiger partial charge is 0.461 e. The zero-order valence-corrected chi connectivity index (χ0v) is 12.1. The Labute approximate surface area is 120 Å². The third kappa shape index (κ3) is 2.74. The van der Waals surface area contributed by atoms with Crippen LogP contribution in [-0.2, 0) is 13.0 Å². The van der Waals surface area contributed by atoms with Gasteiger partial charge in [0, 0.05) is 30.0 Å². The Morgan fingerprint density at radius 2 is 2.10 bits per heavy atom. The molecular weight excluding hydrogens is 250 g/mol. The lowest BCUT2D eigenvalue weighted by molar-refractivity contribution is 0.0619. The second kappa shape index (κ2) is 5.98. The van der Waals surface area contributed by atoms with Gasteiger partial charge in [-0.05, 0) is 25.3 Å². The van der Waals surface area contributed by atoms with Gasteiger partial charge in [0.05, 0.1) is 6.10 Å². The third-order valence-electron chi connectivity index (χ3n) is 4.22. The molecule has 2 aromatic rings. The van der Waals surface area contributed by atoms with Crippen LogP contribution in [0.15, 0.2) is 28.7 Å². The van der Waals surface area contributed by atoms with Crippen molar-refractivity contribution in [2.24, 2.45) is 0 Å². The maximum Gasteiger partial charge on any atom is 0.134 e. The van der Waals surface area contributed by atoms with E-state index in [-0.39, 0.29) is 6.10 Å². The number of fused-ring (bicyclic) bond motifs is 1. The summed E-state index contributed by atoms with van der Waals surface area (Å²) in [7, 11) is 0. The molecule has 1 aliphatic carbocycles. The summed E-state index contributed by atoms with van der Waals surface area (Å²) in [5.41, 5.74) is 2.29. The van der Waals surface area contributed by atoms with Crippen molar-refractivity contribution in [1.82, 2.24) is 5.32 Å². The lowest BCUT2D eigenvalue weighted by Crippen LogP contribution is -2.43. The van der Waals surface area contributed by atoms with Crippen LogP contribution in [0.5, 0.6) is 0 Å². The highest BCUT2D eigenvalue weighted by molar-refractivity contribution is 5.82. The molecule has 0 aliphatic heterocycles. The zero-order chi connectivity index (χ0) is 13.9. The highest BCUT2D eigenvalue weighted by atomic mass is 16.3. The number of aryl methyl sites for hydroxylation is 1. The standard InChI is InChI=1S/C17H23NO2/c1-2-3-7-17-15(11-18-12-9-13(19)10-12)14-6-4-5-8-16(14)20-17/h4-6,8,12-13,18-19H,2-3,7,9-11H2,1H3. The molecule has 0 radical (unpaired) electrons. The highest BCUT2D eigenvalue weighted by Gasteiger charge is 2.27. The van der Waals surface area contributed by atoms with E-state index in [9.17, 15) is 5.11 Å². The molecule has 0 amide bonds. The van der Waals surface area contributed by atoms with Crippen molar-refractivity contribution in [1.29, 1.82) is 0 Å². The van der Waals surface area contributed by atoms with Crippen LogP contribution < -0.4 is 5.32 Å². The summed E-state index contributed by atoms with van der Waals surface area (Å²) in [6, 6.07) is 8.73. The third-order valence-corrected chi connectivity index (χ3v) is 4.22. The number of unbranched alkanes of at least 4 members (excludes halogenated alkanes) is 1. The van der Waals surface area contributed by atoms with E-state index >= 15 is 0 Å². The Morgan fingerprint density at radius 1 is 1.30 bits per heavy atom. The maximum atomic E-state index is 9.36. The van der Waals surface area contributed by atoms with Crippen molar-refractivity contribution < 1.29 is 9.52 Å². The summed E-state index contributed by atoms with van der Waals surface area (Å²) in [6.45, 7) is 3.05. The van der Waals surface area contributed by atoms with E-state index < -0.39 is 0 Å². The fraction of sp³-hybridized carbons (Fsp3) is 0.529. The molecule has 3 rings (SSSR count). The molecule has 0 atom stereocenters. The smallest absolute Gasteiger partial charge is 0.134 e. The minimum absolute atomic E-state index is 0.104. The molecule has 1 aromatic heterocycles. The number of hydrogen-bond donors (Lipinski definition) is 2. The summed E-state index contributed by atoms with van der Waals surface area (Å²) >= 11 is 0. The van der Waals surface area contributed by atoms with Crippen molar-refractivity contribution >= 4 is 11.0 Å². The van der Waals surface area contributed by atoms with Crippen LogP contribution in [0.1, 0.15) is 43.9 Å². The molecule has 0 spiro atoms. The number of nitrogens with one attached hydrogen (secondary N) is 1. The van der Waals surface area contributed by atoms with Crippen LogP contribution in [0.25, 0.3) is 11.0 Å². The lowest BCUT2D eigenvalue weighted by Gasteiger charge is -2.32. The molecule has 2 N–H and O–H groups in total. The molecule has 108 valence electrons. The molecule has 0 unspecified atom stereocenters. The average molecular weight is 273 g/mol. The Kier molecular flexibility index (Phi) is 4.08. The van der Waals surface area contributed by atoms with Gasteiger partial charge < -0.3 is 14.8 Å². The van der Waals surface area contributed by atoms with Crippen molar-refractivity contribution in [2.45, 2.75) is 57.7 Å². The van der Waals surface area contributed by atoms with Crippen molar-refractivity contribution in [3.8, 4) is 0 Å². The fourth-order valence-electron chi connectivity index (χ4n) is 2.88. The molecule has 0 bridgehead atoms. The Morgan fingerprint density at radius 3 is 2.85 bits per heavy atom. The predicted octanol–water partition coefficient (Wildman–Crippen LogP) is 3.39. The first kappa shape index (κ1) is 13.7. The summed E-state index contributed by atoms with van der Waals surface area (Å²) in [5.74, 6) is 1.13. The molecule has 1 aliphatic rings. The van der Waals surface area contributed by atoms with Crippen molar-refractivity contribution in [2.75, 3.05) is 0 Å². The van der Waals surface area contributed by atoms with E-state index in [1.807, 2.05) is 12.1 Å². The van der Waals surface area contributed by atoms with Gasteiger partial charge in [0.25, 0.3) is 0 Å². The van der Waals surface area contributed by atoms with Crippen LogP contribution in [-0.4, -0.2) is 17.3 Å². The second-order valence-electron chi connectivity index (χ2n) is 5.81. The predicted molar refractivity (Wildman–Crippen MR) is 80.7 cm³/mol. The number of benzene rings is 1. The van der Waals surface area contributed by atoms with Crippen LogP contribution in [0.4, 0.5) is 0 Å². The number of rotatable bonds is 6. The van der Waals surface area contributed by atoms with Crippen LogP contribution in [0.2, 0.25) is 0 Å². The van der Waals surface area contributed by atoms with E-state index in [1.54, 1.807) is 0 Å². The fourth-order valence-corrected chi connectivity index (χ4v) is 2.88. The van der Waals surface area contributed by atoms with E-state index in [4.69, 9.17) is 4.42 Å². The summed E-state index contributed by atoms with van der Waals surface area (Å²) in [6.07, 6.45) is 5.00. The molecule has 1 saturated carbocycles. The van der Waals surface area contributed by atoms with Gasteiger partial charge in [-0.25, -0.2) is 0 Å². The molecule has 1 heterocycles. The van der Waals surface area contributed by atoms with E-state index in [1.165, 1.54) is 17.4 Å². The van der Waals surface area contributed by atoms with E-state index in [0.29, 0.717) is 6.04 Å². The van der Waals surface area contributed by atoms with Gasteiger partial charge in [0.2, 0.25) is 0 Å². The molecule has 0 saturated heterocycles. The van der Waals surface area contributed by atoms with E-state index in [2.05, 4.69) is 24.4 Å². The average Bonchev–Trinajstić information content (AvgIpc) is 2.78. The molecule has 1 fully saturated rings. The summed E-state index contributed by atoms with van der Waals surface area (Å²) in [5, 5.41) is 14.1. The Balaban J connectivity index is 1.78. The van der Waals surface area contributed by atoms with Gasteiger partial charge in [-0.3, -0.25) is 0 Å². The first-order chi connectivity index (χ1) is 9.78. The monoisotopic (exact) mass is 273 g/mol. The molecular formula is C17H23NO2. The normalized spacial score (nSPS) is 22.1. The zero-order valence-electron chi connectivity index (χ0n) is 12.1. The number of aliphatic hydroxyl groups is 1. The molecule has 20 heavy (non-hydrogen) atoms. The van der Waals surface area contributed by atoms with Gasteiger partial charge in [0.1, 0.15) is 11.3 Å². The van der Waals surface area contributed by atoms with E-state index in [0.717, 1.165) is 43.6 Å².